The standard InChI is InChI=1S/C11H11ClN4S/c1-16-6-8(5-15-16)17-10-4-7(12)2-3-9(10)11(13)14/h2-6H,1H3,(H3,13,14). The molecule has 6 heteroatoms. The summed E-state index contributed by atoms with van der Waals surface area (Å²) in [6, 6.07) is 5.28. The Morgan fingerprint density at radius 3 is 2.88 bits per heavy atom. The lowest BCUT2D eigenvalue weighted by Crippen LogP contribution is -2.12. The number of halogens is 1. The Balaban J connectivity index is 2.37. The summed E-state index contributed by atoms with van der Waals surface area (Å²) in [7, 11) is 1.86. The highest BCUT2D eigenvalue weighted by molar-refractivity contribution is 7.99. The van der Waals surface area contributed by atoms with Gasteiger partial charge in [0, 0.05) is 28.7 Å². The van der Waals surface area contributed by atoms with Crippen LogP contribution in [0.4, 0.5) is 0 Å². The Morgan fingerprint density at radius 1 is 1.53 bits per heavy atom. The Kier molecular flexibility index (Phi) is 3.40. The maximum atomic E-state index is 7.52. The monoisotopic (exact) mass is 266 g/mol. The van der Waals surface area contributed by atoms with Crippen molar-refractivity contribution in [2.75, 3.05) is 0 Å². The SMILES string of the molecule is Cn1cc(Sc2cc(Cl)ccc2C(=N)N)cn1. The average Bonchev–Trinajstić information content (AvgIpc) is 2.63. The van der Waals surface area contributed by atoms with E-state index in [0.717, 1.165) is 9.79 Å². The molecule has 17 heavy (non-hydrogen) atoms. The fraction of sp³-hybridized carbons (Fsp3) is 0.0909. The highest BCUT2D eigenvalue weighted by Gasteiger charge is 2.08. The van der Waals surface area contributed by atoms with Gasteiger partial charge in [0.05, 0.1) is 11.1 Å². The zero-order valence-electron chi connectivity index (χ0n) is 9.14. The fourth-order valence-corrected chi connectivity index (χ4v) is 2.65. The summed E-state index contributed by atoms with van der Waals surface area (Å²) in [5.41, 5.74) is 6.21. The lowest BCUT2D eigenvalue weighted by molar-refractivity contribution is 0.766. The molecule has 2 aromatic rings. The van der Waals surface area contributed by atoms with Crippen molar-refractivity contribution < 1.29 is 0 Å². The van der Waals surface area contributed by atoms with Gasteiger partial charge in [-0.1, -0.05) is 23.4 Å². The van der Waals surface area contributed by atoms with Gasteiger partial charge >= 0.3 is 0 Å². The van der Waals surface area contributed by atoms with Gasteiger partial charge in [-0.3, -0.25) is 10.1 Å². The number of nitrogens with two attached hydrogens (primary N) is 1. The minimum Gasteiger partial charge on any atom is -0.384 e. The predicted octanol–water partition coefficient (Wildman–Crippen LogP) is 2.51. The van der Waals surface area contributed by atoms with Gasteiger partial charge in [0.2, 0.25) is 0 Å². The molecule has 0 radical (unpaired) electrons. The van der Waals surface area contributed by atoms with E-state index in [1.165, 1.54) is 11.8 Å². The van der Waals surface area contributed by atoms with Gasteiger partial charge in [-0.05, 0) is 18.2 Å². The Morgan fingerprint density at radius 2 is 2.29 bits per heavy atom. The Bertz CT molecular complexity index is 564. The van der Waals surface area contributed by atoms with Crippen LogP contribution < -0.4 is 5.73 Å². The number of hydrogen-bond acceptors (Lipinski definition) is 3. The number of amidine groups is 1. The van der Waals surface area contributed by atoms with E-state index in [-0.39, 0.29) is 5.84 Å². The van der Waals surface area contributed by atoms with Gasteiger partial charge in [-0.2, -0.15) is 5.10 Å². The van der Waals surface area contributed by atoms with E-state index in [0.29, 0.717) is 10.6 Å². The topological polar surface area (TPSA) is 67.7 Å². The first-order valence-electron chi connectivity index (χ1n) is 4.86. The molecule has 2 rings (SSSR count). The third-order valence-corrected chi connectivity index (χ3v) is 3.38. The second-order valence-electron chi connectivity index (χ2n) is 3.51. The van der Waals surface area contributed by atoms with Crippen LogP contribution in [0, 0.1) is 5.41 Å². The van der Waals surface area contributed by atoms with Crippen LogP contribution in [-0.2, 0) is 7.05 Å². The fourth-order valence-electron chi connectivity index (χ4n) is 1.38. The van der Waals surface area contributed by atoms with Crippen LogP contribution in [0.5, 0.6) is 0 Å². The molecule has 1 aromatic heterocycles. The summed E-state index contributed by atoms with van der Waals surface area (Å²) in [6.45, 7) is 0. The number of hydrogen-bond donors (Lipinski definition) is 2. The molecule has 0 bridgehead atoms. The van der Waals surface area contributed by atoms with Crippen LogP contribution in [0.3, 0.4) is 0 Å². The highest BCUT2D eigenvalue weighted by Crippen LogP contribution is 2.31. The second kappa shape index (κ2) is 4.81. The van der Waals surface area contributed by atoms with Crippen LogP contribution >= 0.6 is 23.4 Å². The molecule has 1 aromatic carbocycles. The molecule has 88 valence electrons. The maximum absolute atomic E-state index is 7.52. The van der Waals surface area contributed by atoms with Gasteiger partial charge in [0.1, 0.15) is 5.84 Å². The largest absolute Gasteiger partial charge is 0.384 e. The minimum absolute atomic E-state index is 0.0352. The van der Waals surface area contributed by atoms with Crippen LogP contribution in [0.2, 0.25) is 5.02 Å². The molecular weight excluding hydrogens is 256 g/mol. The summed E-state index contributed by atoms with van der Waals surface area (Å²) in [5, 5.41) is 12.2. The summed E-state index contributed by atoms with van der Waals surface area (Å²) in [5.74, 6) is 0.0352. The number of aromatic nitrogens is 2. The van der Waals surface area contributed by atoms with Crippen molar-refractivity contribution >= 4 is 29.2 Å². The minimum atomic E-state index is 0.0352. The quantitative estimate of drug-likeness (QED) is 0.663. The number of nitrogens with zero attached hydrogens (tertiary/aromatic N) is 2. The van der Waals surface area contributed by atoms with Crippen LogP contribution in [0.15, 0.2) is 40.4 Å². The van der Waals surface area contributed by atoms with E-state index in [9.17, 15) is 0 Å². The van der Waals surface area contributed by atoms with E-state index in [1.807, 2.05) is 13.2 Å². The molecule has 1 heterocycles. The molecule has 0 fully saturated rings. The lowest BCUT2D eigenvalue weighted by Gasteiger charge is -2.06. The molecule has 0 unspecified atom stereocenters. The molecule has 0 spiro atoms. The molecule has 3 N–H and O–H groups in total. The van der Waals surface area contributed by atoms with E-state index in [1.54, 1.807) is 29.1 Å². The van der Waals surface area contributed by atoms with Crippen LogP contribution in [-0.4, -0.2) is 15.6 Å². The second-order valence-corrected chi connectivity index (χ2v) is 5.06. The zero-order chi connectivity index (χ0) is 12.4. The van der Waals surface area contributed by atoms with Gasteiger partial charge in [-0.25, -0.2) is 0 Å². The normalized spacial score (nSPS) is 10.5. The van der Waals surface area contributed by atoms with Crippen molar-refractivity contribution in [3.05, 3.63) is 41.2 Å². The van der Waals surface area contributed by atoms with Gasteiger partial charge in [-0.15, -0.1) is 0 Å². The molecule has 0 saturated heterocycles. The molecule has 4 nitrogen and oxygen atoms in total. The van der Waals surface area contributed by atoms with Crippen molar-refractivity contribution in [2.24, 2.45) is 12.8 Å². The first kappa shape index (κ1) is 12.0. The molecule has 0 aliphatic rings. The van der Waals surface area contributed by atoms with Gasteiger partial charge in [0.15, 0.2) is 0 Å². The zero-order valence-corrected chi connectivity index (χ0v) is 10.7. The average molecular weight is 267 g/mol. The van der Waals surface area contributed by atoms with Crippen molar-refractivity contribution in [3.63, 3.8) is 0 Å². The van der Waals surface area contributed by atoms with Crippen molar-refractivity contribution in [1.29, 1.82) is 5.41 Å². The Labute approximate surface area is 108 Å². The molecule has 0 amide bonds. The maximum Gasteiger partial charge on any atom is 0.123 e. The van der Waals surface area contributed by atoms with Gasteiger partial charge < -0.3 is 5.73 Å². The molecule has 0 aliphatic carbocycles. The van der Waals surface area contributed by atoms with Crippen LogP contribution in [0.1, 0.15) is 5.56 Å². The summed E-state index contributed by atoms with van der Waals surface area (Å²) >= 11 is 7.44. The van der Waals surface area contributed by atoms with Gasteiger partial charge in [0.25, 0.3) is 0 Å². The number of aryl methyl sites for hydroxylation is 1. The summed E-state index contributed by atoms with van der Waals surface area (Å²) < 4.78 is 1.72. The summed E-state index contributed by atoms with van der Waals surface area (Å²) in [6.07, 6.45) is 3.66. The third-order valence-electron chi connectivity index (χ3n) is 2.14. The van der Waals surface area contributed by atoms with E-state index >= 15 is 0 Å². The predicted molar refractivity (Wildman–Crippen MR) is 69.8 cm³/mol. The highest BCUT2D eigenvalue weighted by atomic mass is 35.5. The van der Waals surface area contributed by atoms with Crippen LogP contribution in [0.25, 0.3) is 0 Å². The van der Waals surface area contributed by atoms with Crippen molar-refractivity contribution in [2.45, 2.75) is 9.79 Å². The molecular formula is C11H11ClN4S. The Hall–Kier alpha value is -1.46. The molecule has 0 saturated carbocycles. The number of nitrogens with one attached hydrogen (secondary N) is 1. The summed E-state index contributed by atoms with van der Waals surface area (Å²) in [4.78, 5) is 1.84. The first-order chi connectivity index (χ1) is 8.06. The van der Waals surface area contributed by atoms with Crippen molar-refractivity contribution in [1.82, 2.24) is 9.78 Å². The van der Waals surface area contributed by atoms with E-state index in [4.69, 9.17) is 22.7 Å². The molecule has 0 aliphatic heterocycles. The van der Waals surface area contributed by atoms with E-state index < -0.39 is 0 Å². The van der Waals surface area contributed by atoms with Crippen molar-refractivity contribution in [3.8, 4) is 0 Å². The number of rotatable bonds is 3. The van der Waals surface area contributed by atoms with E-state index in [2.05, 4.69) is 5.10 Å². The number of nitrogen functional groups attached to an aromatic ring is 1. The number of benzene rings is 1. The lowest BCUT2D eigenvalue weighted by atomic mass is 10.2. The molecule has 0 atom stereocenters. The smallest absolute Gasteiger partial charge is 0.123 e. The third kappa shape index (κ3) is 2.81. The first-order valence-corrected chi connectivity index (χ1v) is 6.06.